The average molecular weight is 250 g/mol. The quantitative estimate of drug-likeness (QED) is 0.832. The fraction of sp³-hybridized carbons (Fsp3) is 0.462. The molecule has 0 radical (unpaired) electrons. The van der Waals surface area contributed by atoms with Gasteiger partial charge in [-0.15, -0.1) is 0 Å². The number of urea groups is 1. The van der Waals surface area contributed by atoms with Crippen LogP contribution in [0.15, 0.2) is 30.3 Å². The van der Waals surface area contributed by atoms with Crippen molar-refractivity contribution in [2.45, 2.75) is 6.10 Å². The molecule has 1 fully saturated rings. The minimum Gasteiger partial charge on any atom is -0.387 e. The molecule has 0 aromatic heterocycles. The van der Waals surface area contributed by atoms with E-state index in [0.717, 1.165) is 5.56 Å². The molecule has 1 atom stereocenters. The molecule has 0 saturated carbocycles. The number of hydrogen-bond acceptors (Lipinski definition) is 3. The lowest BCUT2D eigenvalue weighted by Crippen LogP contribution is -2.47. The van der Waals surface area contributed by atoms with Crippen LogP contribution in [0.5, 0.6) is 0 Å². The molecule has 0 bridgehead atoms. The summed E-state index contributed by atoms with van der Waals surface area (Å²) in [5, 5.41) is 12.6. The van der Waals surface area contributed by atoms with Crippen molar-refractivity contribution in [1.29, 1.82) is 0 Å². The fourth-order valence-electron chi connectivity index (χ4n) is 1.86. The molecule has 0 spiro atoms. The standard InChI is InChI=1S/C13H18N2O3/c16-12(11-4-2-1-3-5-11)10-14-13(17)15-6-8-18-9-7-15/h1-5,12,16H,6-10H2,(H,14,17). The Labute approximate surface area is 106 Å². The predicted molar refractivity (Wildman–Crippen MR) is 67.2 cm³/mol. The maximum atomic E-state index is 11.8. The van der Waals surface area contributed by atoms with Gasteiger partial charge >= 0.3 is 6.03 Å². The maximum absolute atomic E-state index is 11.8. The average Bonchev–Trinajstić information content (AvgIpc) is 2.46. The van der Waals surface area contributed by atoms with Crippen molar-refractivity contribution in [2.24, 2.45) is 0 Å². The summed E-state index contributed by atoms with van der Waals surface area (Å²) in [5.41, 5.74) is 0.805. The molecule has 2 rings (SSSR count). The molecule has 5 heteroatoms. The van der Waals surface area contributed by atoms with E-state index in [4.69, 9.17) is 4.74 Å². The van der Waals surface area contributed by atoms with Gasteiger partial charge in [-0.3, -0.25) is 0 Å². The number of morpholine rings is 1. The number of ether oxygens (including phenoxy) is 1. The van der Waals surface area contributed by atoms with E-state index in [1.807, 2.05) is 30.3 Å². The molecule has 0 aliphatic carbocycles. The summed E-state index contributed by atoms with van der Waals surface area (Å²) in [6.07, 6.45) is -0.670. The Hall–Kier alpha value is -1.59. The highest BCUT2D eigenvalue weighted by Crippen LogP contribution is 2.10. The normalized spacial score (nSPS) is 17.3. The second kappa shape index (κ2) is 6.37. The van der Waals surface area contributed by atoms with Gasteiger partial charge in [-0.2, -0.15) is 0 Å². The third kappa shape index (κ3) is 3.45. The lowest BCUT2D eigenvalue weighted by atomic mass is 10.1. The highest BCUT2D eigenvalue weighted by Gasteiger charge is 2.17. The van der Waals surface area contributed by atoms with Crippen molar-refractivity contribution in [3.63, 3.8) is 0 Å². The number of carbonyl (C=O) groups is 1. The molecule has 98 valence electrons. The minimum absolute atomic E-state index is 0.145. The Balaban J connectivity index is 1.78. The van der Waals surface area contributed by atoms with Gasteiger partial charge in [0.25, 0.3) is 0 Å². The maximum Gasteiger partial charge on any atom is 0.317 e. The van der Waals surface area contributed by atoms with E-state index < -0.39 is 6.10 Å². The van der Waals surface area contributed by atoms with Gasteiger partial charge in [0.15, 0.2) is 0 Å². The van der Waals surface area contributed by atoms with Crippen LogP contribution in [0.1, 0.15) is 11.7 Å². The Morgan fingerprint density at radius 3 is 2.67 bits per heavy atom. The number of aliphatic hydroxyl groups is 1. The molecular weight excluding hydrogens is 232 g/mol. The van der Waals surface area contributed by atoms with Crippen molar-refractivity contribution in [1.82, 2.24) is 10.2 Å². The second-order valence-electron chi connectivity index (χ2n) is 4.21. The van der Waals surface area contributed by atoms with Crippen LogP contribution in [0.2, 0.25) is 0 Å². The first-order valence-electron chi connectivity index (χ1n) is 6.11. The molecule has 1 aliphatic rings. The van der Waals surface area contributed by atoms with Crippen molar-refractivity contribution >= 4 is 6.03 Å². The van der Waals surface area contributed by atoms with Crippen molar-refractivity contribution < 1.29 is 14.6 Å². The smallest absolute Gasteiger partial charge is 0.317 e. The van der Waals surface area contributed by atoms with E-state index >= 15 is 0 Å². The SMILES string of the molecule is O=C(NCC(O)c1ccccc1)N1CCOCC1. The Morgan fingerprint density at radius 1 is 1.33 bits per heavy atom. The molecule has 2 N–H and O–H groups in total. The fourth-order valence-corrected chi connectivity index (χ4v) is 1.86. The largest absolute Gasteiger partial charge is 0.387 e. The third-order valence-corrected chi connectivity index (χ3v) is 2.93. The van der Waals surface area contributed by atoms with E-state index in [1.165, 1.54) is 0 Å². The summed E-state index contributed by atoms with van der Waals surface area (Å²) in [5.74, 6) is 0. The van der Waals surface area contributed by atoms with Gasteiger partial charge in [-0.05, 0) is 5.56 Å². The number of benzene rings is 1. The van der Waals surface area contributed by atoms with Crippen LogP contribution < -0.4 is 5.32 Å². The lowest BCUT2D eigenvalue weighted by molar-refractivity contribution is 0.0521. The number of nitrogens with zero attached hydrogens (tertiary/aromatic N) is 1. The molecule has 5 nitrogen and oxygen atoms in total. The van der Waals surface area contributed by atoms with E-state index in [1.54, 1.807) is 4.90 Å². The predicted octanol–water partition coefficient (Wildman–Crippen LogP) is 0.762. The zero-order valence-electron chi connectivity index (χ0n) is 10.2. The summed E-state index contributed by atoms with van der Waals surface area (Å²) in [4.78, 5) is 13.5. The molecule has 1 aliphatic heterocycles. The molecule has 1 heterocycles. The first-order valence-corrected chi connectivity index (χ1v) is 6.11. The number of carbonyl (C=O) groups excluding carboxylic acids is 1. The van der Waals surface area contributed by atoms with Gasteiger partial charge in [0.1, 0.15) is 0 Å². The molecule has 1 aromatic rings. The summed E-state index contributed by atoms with van der Waals surface area (Å²) < 4.78 is 5.17. The summed E-state index contributed by atoms with van der Waals surface area (Å²) in [6, 6.07) is 9.15. The molecule has 1 saturated heterocycles. The van der Waals surface area contributed by atoms with Crippen molar-refractivity contribution in [2.75, 3.05) is 32.8 Å². The summed E-state index contributed by atoms with van der Waals surface area (Å²) in [6.45, 7) is 2.59. The lowest BCUT2D eigenvalue weighted by Gasteiger charge is -2.27. The van der Waals surface area contributed by atoms with E-state index in [0.29, 0.717) is 26.3 Å². The second-order valence-corrected chi connectivity index (χ2v) is 4.21. The molecular formula is C13H18N2O3. The Bertz CT molecular complexity index is 377. The molecule has 2 amide bonds. The molecule has 1 aromatic carbocycles. The van der Waals surface area contributed by atoms with Crippen molar-refractivity contribution in [3.8, 4) is 0 Å². The van der Waals surface area contributed by atoms with E-state index in [9.17, 15) is 9.90 Å². The van der Waals surface area contributed by atoms with Gasteiger partial charge in [0.05, 0.1) is 19.3 Å². The monoisotopic (exact) mass is 250 g/mol. The zero-order valence-corrected chi connectivity index (χ0v) is 10.2. The van der Waals surface area contributed by atoms with Crippen LogP contribution in [0.3, 0.4) is 0 Å². The summed E-state index contributed by atoms with van der Waals surface area (Å²) in [7, 11) is 0. The number of aliphatic hydroxyl groups excluding tert-OH is 1. The van der Waals surface area contributed by atoms with Gasteiger partial charge in [0, 0.05) is 19.6 Å². The highest BCUT2D eigenvalue weighted by molar-refractivity contribution is 5.74. The van der Waals surface area contributed by atoms with Crippen LogP contribution in [0, 0.1) is 0 Å². The Kier molecular flexibility index (Phi) is 4.55. The number of hydrogen-bond donors (Lipinski definition) is 2. The Morgan fingerprint density at radius 2 is 2.00 bits per heavy atom. The van der Waals surface area contributed by atoms with E-state index in [-0.39, 0.29) is 12.6 Å². The first-order chi connectivity index (χ1) is 8.77. The van der Waals surface area contributed by atoms with Gasteiger partial charge in [-0.25, -0.2) is 4.79 Å². The number of amides is 2. The third-order valence-electron chi connectivity index (χ3n) is 2.93. The van der Waals surface area contributed by atoms with Crippen LogP contribution in [0.4, 0.5) is 4.79 Å². The molecule has 1 unspecified atom stereocenters. The topological polar surface area (TPSA) is 61.8 Å². The highest BCUT2D eigenvalue weighted by atomic mass is 16.5. The summed E-state index contributed by atoms with van der Waals surface area (Å²) >= 11 is 0. The number of nitrogens with one attached hydrogen (secondary N) is 1. The van der Waals surface area contributed by atoms with Crippen molar-refractivity contribution in [3.05, 3.63) is 35.9 Å². The van der Waals surface area contributed by atoms with Gasteiger partial charge < -0.3 is 20.1 Å². The van der Waals surface area contributed by atoms with Gasteiger partial charge in [0.2, 0.25) is 0 Å². The van der Waals surface area contributed by atoms with E-state index in [2.05, 4.69) is 5.32 Å². The zero-order chi connectivity index (χ0) is 12.8. The minimum atomic E-state index is -0.670. The van der Waals surface area contributed by atoms with Crippen LogP contribution >= 0.6 is 0 Å². The number of rotatable bonds is 3. The van der Waals surface area contributed by atoms with Crippen LogP contribution in [0.25, 0.3) is 0 Å². The first kappa shape index (κ1) is 12.9. The van der Waals surface area contributed by atoms with Gasteiger partial charge in [-0.1, -0.05) is 30.3 Å². The van der Waals surface area contributed by atoms with Crippen LogP contribution in [-0.2, 0) is 4.74 Å². The van der Waals surface area contributed by atoms with Crippen LogP contribution in [-0.4, -0.2) is 48.9 Å². The molecule has 18 heavy (non-hydrogen) atoms.